The molecule has 3 aromatic carbocycles. The number of ether oxygens (including phenoxy) is 1. The van der Waals surface area contributed by atoms with E-state index >= 15 is 0 Å². The molecule has 3 aromatic rings. The van der Waals surface area contributed by atoms with Crippen LogP contribution in [-0.4, -0.2) is 6.10 Å². The molecule has 0 spiro atoms. The zero-order valence-corrected chi connectivity index (χ0v) is 24.1. The summed E-state index contributed by atoms with van der Waals surface area (Å²) in [6, 6.07) is 15.4. The van der Waals surface area contributed by atoms with Crippen molar-refractivity contribution >= 4 is 24.3 Å². The Labute approximate surface area is 243 Å². The summed E-state index contributed by atoms with van der Waals surface area (Å²) in [7, 11) is 0. The number of rotatable bonds is 5. The second-order valence-electron chi connectivity index (χ2n) is 10.7. The van der Waals surface area contributed by atoms with Crippen LogP contribution in [0, 0.1) is 6.92 Å². The predicted octanol–water partition coefficient (Wildman–Crippen LogP) is 9.00. The molecule has 0 saturated carbocycles. The highest BCUT2D eigenvalue weighted by atomic mass is 16.5. The molecule has 2 unspecified atom stereocenters. The summed E-state index contributed by atoms with van der Waals surface area (Å²) in [4.78, 5) is 0. The van der Waals surface area contributed by atoms with E-state index in [-0.39, 0.29) is 12.0 Å². The molecule has 2 aliphatic carbocycles. The SMILES string of the molecule is C=c1c(-c2ccccc2C2=CCC=CC=C2)c(C)c(/C=C\C)c(-c2ccc3c(c2)C2C=CC=CC2O3)/c1=C/C=C\C. The lowest BCUT2D eigenvalue weighted by atomic mass is 9.83. The van der Waals surface area contributed by atoms with Crippen LogP contribution >= 0.6 is 0 Å². The van der Waals surface area contributed by atoms with Gasteiger partial charge in [-0.05, 0) is 100 Å². The van der Waals surface area contributed by atoms with Gasteiger partial charge in [0.15, 0.2) is 0 Å². The first-order valence-corrected chi connectivity index (χ1v) is 14.5. The van der Waals surface area contributed by atoms with Gasteiger partial charge in [-0.3, -0.25) is 0 Å². The molecular formula is C40H36O. The van der Waals surface area contributed by atoms with E-state index < -0.39 is 0 Å². The van der Waals surface area contributed by atoms with Crippen molar-refractivity contribution in [2.45, 2.75) is 39.2 Å². The molecule has 1 aliphatic heterocycles. The average Bonchev–Trinajstić information content (AvgIpc) is 3.15. The van der Waals surface area contributed by atoms with Crippen molar-refractivity contribution < 1.29 is 4.74 Å². The van der Waals surface area contributed by atoms with Crippen LogP contribution < -0.4 is 15.2 Å². The summed E-state index contributed by atoms with van der Waals surface area (Å²) < 4.78 is 6.28. The van der Waals surface area contributed by atoms with Crippen LogP contribution in [0.3, 0.4) is 0 Å². The Hall–Kier alpha value is -4.62. The van der Waals surface area contributed by atoms with Gasteiger partial charge in [-0.25, -0.2) is 0 Å². The minimum atomic E-state index is 0.0703. The molecule has 0 aromatic heterocycles. The second kappa shape index (κ2) is 11.5. The minimum absolute atomic E-state index is 0.0703. The minimum Gasteiger partial charge on any atom is -0.485 e. The zero-order valence-electron chi connectivity index (χ0n) is 24.1. The highest BCUT2D eigenvalue weighted by molar-refractivity contribution is 5.91. The van der Waals surface area contributed by atoms with Crippen LogP contribution in [-0.2, 0) is 0 Å². The summed E-state index contributed by atoms with van der Waals surface area (Å²) in [5, 5.41) is 2.19. The van der Waals surface area contributed by atoms with Gasteiger partial charge in [-0.2, -0.15) is 0 Å². The first kappa shape index (κ1) is 26.6. The van der Waals surface area contributed by atoms with E-state index in [4.69, 9.17) is 11.3 Å². The molecule has 0 amide bonds. The van der Waals surface area contributed by atoms with Crippen LogP contribution in [0.25, 0.3) is 46.6 Å². The largest absolute Gasteiger partial charge is 0.485 e. The van der Waals surface area contributed by atoms with E-state index in [9.17, 15) is 0 Å². The standard InChI is InChI=1S/C40H36O/c1-5-7-19-32-28(4)39(35-22-13-12-20-33(35)29-17-10-8-9-11-18-29)27(3)31(16-6-2)40(32)30-24-25-38-36(26-30)34-21-14-15-23-37(34)41-38/h5-10,12-26,34,37H,4,11H2,1-3H3/b7-5-,16-6-,32-19+. The molecule has 6 rings (SSSR count). The Bertz CT molecular complexity index is 1830. The van der Waals surface area contributed by atoms with Gasteiger partial charge in [0, 0.05) is 11.5 Å². The van der Waals surface area contributed by atoms with Crippen molar-refractivity contribution in [3.05, 3.63) is 148 Å². The molecule has 1 heteroatoms. The van der Waals surface area contributed by atoms with Gasteiger partial charge < -0.3 is 4.74 Å². The van der Waals surface area contributed by atoms with Crippen LogP contribution in [0.4, 0.5) is 0 Å². The molecule has 0 N–H and O–H groups in total. The van der Waals surface area contributed by atoms with Gasteiger partial charge in [0.25, 0.3) is 0 Å². The number of benzene rings is 3. The molecule has 1 heterocycles. The maximum Gasteiger partial charge on any atom is 0.128 e. The van der Waals surface area contributed by atoms with Crippen molar-refractivity contribution in [1.82, 2.24) is 0 Å². The molecule has 3 aliphatic rings. The van der Waals surface area contributed by atoms with E-state index in [0.29, 0.717) is 0 Å². The maximum absolute atomic E-state index is 6.28. The van der Waals surface area contributed by atoms with Crippen LogP contribution in [0.15, 0.2) is 115 Å². The lowest BCUT2D eigenvalue weighted by molar-refractivity contribution is 0.269. The Morgan fingerprint density at radius 2 is 1.73 bits per heavy atom. The molecule has 0 bridgehead atoms. The quantitative estimate of drug-likeness (QED) is 0.319. The normalized spacial score (nSPS) is 19.5. The Morgan fingerprint density at radius 1 is 0.902 bits per heavy atom. The molecule has 0 saturated heterocycles. The third-order valence-electron chi connectivity index (χ3n) is 8.24. The molecule has 1 nitrogen and oxygen atoms in total. The zero-order chi connectivity index (χ0) is 28.3. The monoisotopic (exact) mass is 532 g/mol. The van der Waals surface area contributed by atoms with E-state index in [0.717, 1.165) is 22.6 Å². The number of allylic oxidation sites excluding steroid dienone is 11. The summed E-state index contributed by atoms with van der Waals surface area (Å²) in [5.41, 5.74) is 11.0. The molecule has 202 valence electrons. The average molecular weight is 533 g/mol. The van der Waals surface area contributed by atoms with Crippen molar-refractivity contribution in [3.63, 3.8) is 0 Å². The maximum atomic E-state index is 6.28. The van der Waals surface area contributed by atoms with E-state index in [1.165, 1.54) is 50.1 Å². The van der Waals surface area contributed by atoms with Crippen LogP contribution in [0.1, 0.15) is 48.4 Å². The topological polar surface area (TPSA) is 9.23 Å². The number of hydrogen-bond acceptors (Lipinski definition) is 1. The second-order valence-corrected chi connectivity index (χ2v) is 10.7. The summed E-state index contributed by atoms with van der Waals surface area (Å²) in [5.74, 6) is 1.22. The van der Waals surface area contributed by atoms with Gasteiger partial charge in [0.2, 0.25) is 0 Å². The summed E-state index contributed by atoms with van der Waals surface area (Å²) in [6.45, 7) is 11.2. The third kappa shape index (κ3) is 4.83. The molecular weight excluding hydrogens is 496 g/mol. The lowest BCUT2D eigenvalue weighted by Crippen LogP contribution is -2.30. The van der Waals surface area contributed by atoms with E-state index in [2.05, 4.69) is 148 Å². The van der Waals surface area contributed by atoms with Gasteiger partial charge in [0.1, 0.15) is 11.9 Å². The first-order chi connectivity index (χ1) is 20.1. The van der Waals surface area contributed by atoms with Crippen LogP contribution in [0.5, 0.6) is 5.75 Å². The smallest absolute Gasteiger partial charge is 0.128 e. The van der Waals surface area contributed by atoms with Crippen molar-refractivity contribution in [2.75, 3.05) is 0 Å². The van der Waals surface area contributed by atoms with E-state index in [1.54, 1.807) is 0 Å². The highest BCUT2D eigenvalue weighted by Crippen LogP contribution is 2.43. The summed E-state index contributed by atoms with van der Waals surface area (Å²) in [6.07, 6.45) is 31.4. The molecule has 0 fully saturated rings. The van der Waals surface area contributed by atoms with Gasteiger partial charge in [0.05, 0.1) is 0 Å². The summed E-state index contributed by atoms with van der Waals surface area (Å²) >= 11 is 0. The fourth-order valence-electron chi connectivity index (χ4n) is 6.34. The Balaban J connectivity index is 1.64. The van der Waals surface area contributed by atoms with Gasteiger partial charge in [-0.1, -0.05) is 116 Å². The van der Waals surface area contributed by atoms with Crippen molar-refractivity contribution in [3.8, 4) is 28.0 Å². The van der Waals surface area contributed by atoms with E-state index in [1.807, 2.05) is 0 Å². The third-order valence-corrected chi connectivity index (χ3v) is 8.24. The fraction of sp³-hybridized carbons (Fsp3) is 0.150. The molecule has 0 radical (unpaired) electrons. The molecule has 2 atom stereocenters. The van der Waals surface area contributed by atoms with Gasteiger partial charge >= 0.3 is 0 Å². The fourth-order valence-corrected chi connectivity index (χ4v) is 6.34. The number of hydrogen-bond donors (Lipinski definition) is 0. The highest BCUT2D eigenvalue weighted by Gasteiger charge is 2.32. The first-order valence-electron chi connectivity index (χ1n) is 14.5. The lowest BCUT2D eigenvalue weighted by Gasteiger charge is -2.20. The Kier molecular flexibility index (Phi) is 7.44. The van der Waals surface area contributed by atoms with Crippen LogP contribution in [0.2, 0.25) is 0 Å². The van der Waals surface area contributed by atoms with Crippen molar-refractivity contribution in [2.24, 2.45) is 0 Å². The predicted molar refractivity (Wildman–Crippen MR) is 177 cm³/mol. The van der Waals surface area contributed by atoms with Crippen molar-refractivity contribution in [1.29, 1.82) is 0 Å². The number of fused-ring (bicyclic) bond motifs is 3. The molecule has 41 heavy (non-hydrogen) atoms. The Morgan fingerprint density at radius 3 is 2.56 bits per heavy atom. The van der Waals surface area contributed by atoms with Gasteiger partial charge in [-0.15, -0.1) is 0 Å².